The van der Waals surface area contributed by atoms with Crippen molar-refractivity contribution in [2.75, 3.05) is 24.2 Å². The van der Waals surface area contributed by atoms with Crippen LogP contribution < -0.4 is 0 Å². The van der Waals surface area contributed by atoms with Gasteiger partial charge in [-0.3, -0.25) is 0 Å². The summed E-state index contributed by atoms with van der Waals surface area (Å²) in [5.41, 5.74) is 0.759. The van der Waals surface area contributed by atoms with Gasteiger partial charge in [-0.1, -0.05) is 13.1 Å². The molecule has 0 aliphatic rings. The normalized spacial score (nSPS) is 12.0. The average molecular weight is 201 g/mol. The molecule has 0 unspecified atom stereocenters. The van der Waals surface area contributed by atoms with Gasteiger partial charge in [0.05, 0.1) is 14.7 Å². The maximum absolute atomic E-state index is 5.72. The Labute approximate surface area is 73.7 Å². The second-order valence-electron chi connectivity index (χ2n) is 3.04. The first kappa shape index (κ1) is 10.8. The van der Waals surface area contributed by atoms with Crippen molar-refractivity contribution in [1.29, 1.82) is 0 Å². The topological polar surface area (TPSA) is 9.23 Å². The molecular weight excluding hydrogens is 187 g/mol. The van der Waals surface area contributed by atoms with Crippen LogP contribution in [0.15, 0.2) is 0 Å². The van der Waals surface area contributed by atoms with Crippen LogP contribution in [0, 0.1) is 0 Å². The molecule has 1 nitrogen and oxygen atoms in total. The van der Waals surface area contributed by atoms with E-state index < -0.39 is 8.07 Å². The number of hydrogen-bond donors (Lipinski definition) is 0. The molecule has 4 heteroatoms. The lowest BCUT2D eigenvalue weighted by Crippen LogP contribution is -2.35. The van der Waals surface area contributed by atoms with Gasteiger partial charge < -0.3 is 4.74 Å². The van der Waals surface area contributed by atoms with E-state index in [0.717, 1.165) is 11.7 Å². The van der Waals surface area contributed by atoms with E-state index in [4.69, 9.17) is 27.9 Å². The summed E-state index contributed by atoms with van der Waals surface area (Å²) in [4.78, 5) is 0. The molecule has 0 heterocycles. The molecule has 0 saturated heterocycles. The zero-order valence-corrected chi connectivity index (χ0v) is 9.00. The lowest BCUT2D eigenvalue weighted by atomic mass is 10.9. The standard InChI is InChI=1S/C6H14Cl2OSi/c1-10(2,5-8)6-9-4-3-7/h3-6H2,1-2H3. The van der Waals surface area contributed by atoms with Crippen LogP contribution in [0.25, 0.3) is 0 Å². The van der Waals surface area contributed by atoms with Crippen LogP contribution >= 0.6 is 23.2 Å². The Morgan fingerprint density at radius 3 is 2.30 bits per heavy atom. The lowest BCUT2D eigenvalue weighted by molar-refractivity contribution is 0.190. The maximum Gasteiger partial charge on any atom is 0.0933 e. The number of hydrogen-bond acceptors (Lipinski definition) is 1. The van der Waals surface area contributed by atoms with Crippen molar-refractivity contribution in [1.82, 2.24) is 0 Å². The summed E-state index contributed by atoms with van der Waals surface area (Å²) >= 11 is 11.2. The van der Waals surface area contributed by atoms with Gasteiger partial charge in [0.2, 0.25) is 0 Å². The van der Waals surface area contributed by atoms with Gasteiger partial charge in [-0.05, 0) is 0 Å². The minimum Gasteiger partial charge on any atom is -0.383 e. The van der Waals surface area contributed by atoms with Gasteiger partial charge >= 0.3 is 0 Å². The number of rotatable bonds is 5. The van der Waals surface area contributed by atoms with Crippen LogP contribution in [0.2, 0.25) is 13.1 Å². The van der Waals surface area contributed by atoms with Crippen molar-refractivity contribution in [3.63, 3.8) is 0 Å². The molecule has 10 heavy (non-hydrogen) atoms. The molecule has 0 aliphatic carbocycles. The quantitative estimate of drug-likeness (QED) is 0.376. The van der Waals surface area contributed by atoms with Crippen LogP contribution in [-0.2, 0) is 4.74 Å². The van der Waals surface area contributed by atoms with Crippen molar-refractivity contribution in [3.8, 4) is 0 Å². The summed E-state index contributed by atoms with van der Waals surface area (Å²) in [6, 6.07) is 0. The Hall–Kier alpha value is 0.757. The molecule has 62 valence electrons. The number of halogens is 2. The Morgan fingerprint density at radius 1 is 1.30 bits per heavy atom. The van der Waals surface area contributed by atoms with E-state index in [1.807, 2.05) is 0 Å². The second-order valence-corrected chi connectivity index (χ2v) is 9.10. The minimum atomic E-state index is -1.23. The highest BCUT2D eigenvalue weighted by atomic mass is 35.5. The average Bonchev–Trinajstić information content (AvgIpc) is 1.89. The largest absolute Gasteiger partial charge is 0.383 e. The molecule has 0 rings (SSSR count). The molecule has 0 radical (unpaired) electrons. The van der Waals surface area contributed by atoms with Crippen molar-refractivity contribution in [3.05, 3.63) is 0 Å². The summed E-state index contributed by atoms with van der Waals surface area (Å²) in [6.45, 7) is 5.05. The molecule has 0 amide bonds. The van der Waals surface area contributed by atoms with E-state index in [0.29, 0.717) is 12.5 Å². The fourth-order valence-corrected chi connectivity index (χ4v) is 1.56. The Balaban J connectivity index is 3.28. The molecular formula is C6H14Cl2OSi. The monoisotopic (exact) mass is 200 g/mol. The molecule has 0 spiro atoms. The Kier molecular flexibility index (Phi) is 5.82. The molecule has 0 aliphatic heterocycles. The van der Waals surface area contributed by atoms with Crippen LogP contribution in [-0.4, -0.2) is 32.3 Å². The first-order valence-electron chi connectivity index (χ1n) is 3.32. The van der Waals surface area contributed by atoms with E-state index in [9.17, 15) is 0 Å². The molecule has 0 N–H and O–H groups in total. The fraction of sp³-hybridized carbons (Fsp3) is 1.00. The lowest BCUT2D eigenvalue weighted by Gasteiger charge is -2.17. The third kappa shape index (κ3) is 5.53. The van der Waals surface area contributed by atoms with Crippen LogP contribution in [0.3, 0.4) is 0 Å². The molecule has 0 atom stereocenters. The minimum absolute atomic E-state index is 0.576. The highest BCUT2D eigenvalue weighted by Gasteiger charge is 2.18. The third-order valence-electron chi connectivity index (χ3n) is 1.08. The van der Waals surface area contributed by atoms with Gasteiger partial charge in [-0.25, -0.2) is 0 Å². The first-order valence-corrected chi connectivity index (χ1v) is 7.80. The molecule has 0 saturated carbocycles. The van der Waals surface area contributed by atoms with Crippen molar-refractivity contribution in [2.45, 2.75) is 13.1 Å². The van der Waals surface area contributed by atoms with Crippen molar-refractivity contribution < 1.29 is 4.74 Å². The van der Waals surface area contributed by atoms with E-state index in [1.165, 1.54) is 0 Å². The summed E-state index contributed by atoms with van der Waals surface area (Å²) in [5, 5.41) is 0. The summed E-state index contributed by atoms with van der Waals surface area (Å²) in [6.07, 6.45) is 0.823. The van der Waals surface area contributed by atoms with Gasteiger partial charge in [0.1, 0.15) is 0 Å². The van der Waals surface area contributed by atoms with Gasteiger partial charge in [0.15, 0.2) is 0 Å². The van der Waals surface area contributed by atoms with Crippen LogP contribution in [0.5, 0.6) is 0 Å². The van der Waals surface area contributed by atoms with E-state index in [2.05, 4.69) is 13.1 Å². The van der Waals surface area contributed by atoms with Crippen LogP contribution in [0.4, 0.5) is 0 Å². The summed E-state index contributed by atoms with van der Waals surface area (Å²) in [5.74, 6) is 0.576. The highest BCUT2D eigenvalue weighted by molar-refractivity contribution is 6.83. The van der Waals surface area contributed by atoms with Gasteiger partial charge in [0.25, 0.3) is 0 Å². The molecule has 0 aromatic rings. The zero-order chi connectivity index (χ0) is 8.04. The zero-order valence-electron chi connectivity index (χ0n) is 6.49. The summed E-state index contributed by atoms with van der Waals surface area (Å²) in [7, 11) is -1.23. The van der Waals surface area contributed by atoms with Crippen molar-refractivity contribution in [2.24, 2.45) is 0 Å². The number of alkyl halides is 2. The maximum atomic E-state index is 5.72. The van der Waals surface area contributed by atoms with E-state index in [1.54, 1.807) is 0 Å². The summed E-state index contributed by atoms with van der Waals surface area (Å²) < 4.78 is 5.28. The molecule has 0 aromatic heterocycles. The molecule has 0 bridgehead atoms. The predicted molar refractivity (Wildman–Crippen MR) is 49.7 cm³/mol. The van der Waals surface area contributed by atoms with Crippen molar-refractivity contribution >= 4 is 31.3 Å². The number of ether oxygens (including phenoxy) is 1. The highest BCUT2D eigenvalue weighted by Crippen LogP contribution is 2.04. The van der Waals surface area contributed by atoms with Gasteiger partial charge in [-0.15, -0.1) is 23.2 Å². The smallest absolute Gasteiger partial charge is 0.0933 e. The Morgan fingerprint density at radius 2 is 1.90 bits per heavy atom. The SMILES string of the molecule is C[Si](C)(CCl)COCCCl. The first-order chi connectivity index (χ1) is 4.62. The van der Waals surface area contributed by atoms with Gasteiger partial charge in [-0.2, -0.15) is 0 Å². The molecule has 0 fully saturated rings. The van der Waals surface area contributed by atoms with Gasteiger partial charge in [0, 0.05) is 17.6 Å². The second kappa shape index (κ2) is 5.41. The van der Waals surface area contributed by atoms with E-state index >= 15 is 0 Å². The molecule has 0 aromatic carbocycles. The van der Waals surface area contributed by atoms with Crippen LogP contribution in [0.1, 0.15) is 0 Å². The predicted octanol–water partition coefficient (Wildman–Crippen LogP) is 2.27. The Bertz CT molecular complexity index is 87.8. The third-order valence-corrected chi connectivity index (χ3v) is 5.11. The fourth-order valence-electron chi connectivity index (χ4n) is 0.442. The van der Waals surface area contributed by atoms with E-state index in [-0.39, 0.29) is 0 Å².